The molecule has 3 aromatic carbocycles. The summed E-state index contributed by atoms with van der Waals surface area (Å²) in [6.45, 7) is 2.41. The molecule has 4 nitrogen and oxygen atoms in total. The van der Waals surface area contributed by atoms with Gasteiger partial charge in [-0.25, -0.2) is 0 Å². The molecule has 3 aromatic rings. The molecule has 0 heterocycles. The molecule has 0 radical (unpaired) electrons. The van der Waals surface area contributed by atoms with Crippen molar-refractivity contribution in [3.05, 3.63) is 108 Å². The highest BCUT2D eigenvalue weighted by Gasteiger charge is 2.33. The lowest BCUT2D eigenvalue weighted by atomic mass is 9.95. The summed E-state index contributed by atoms with van der Waals surface area (Å²) < 4.78 is 11.2. The molecule has 0 saturated heterocycles. The van der Waals surface area contributed by atoms with Crippen molar-refractivity contribution < 1.29 is 14.3 Å². The fourth-order valence-electron chi connectivity index (χ4n) is 3.47. The van der Waals surface area contributed by atoms with E-state index in [-0.39, 0.29) is 12.0 Å². The largest absolute Gasteiger partial charge is 0.468 e. The third kappa shape index (κ3) is 5.31. The quantitative estimate of drug-likeness (QED) is 0.540. The molecule has 0 aliphatic heterocycles. The molecule has 0 saturated carbocycles. The van der Waals surface area contributed by atoms with Crippen LogP contribution in [0.15, 0.2) is 91.0 Å². The van der Waals surface area contributed by atoms with E-state index >= 15 is 0 Å². The lowest BCUT2D eigenvalue weighted by Gasteiger charge is -2.31. The van der Waals surface area contributed by atoms with E-state index in [9.17, 15) is 4.79 Å². The van der Waals surface area contributed by atoms with Crippen LogP contribution in [0.1, 0.15) is 35.8 Å². The zero-order chi connectivity index (χ0) is 20.5. The van der Waals surface area contributed by atoms with Gasteiger partial charge in [-0.15, -0.1) is 0 Å². The van der Waals surface area contributed by atoms with E-state index in [4.69, 9.17) is 9.47 Å². The van der Waals surface area contributed by atoms with E-state index in [0.29, 0.717) is 6.61 Å². The molecule has 0 aliphatic carbocycles. The Kier molecular flexibility index (Phi) is 7.56. The summed E-state index contributed by atoms with van der Waals surface area (Å²) in [6, 6.07) is 29.1. The fourth-order valence-corrected chi connectivity index (χ4v) is 3.47. The van der Waals surface area contributed by atoms with Gasteiger partial charge < -0.3 is 9.47 Å². The van der Waals surface area contributed by atoms with Crippen molar-refractivity contribution in [1.29, 1.82) is 0 Å². The molecule has 0 fully saturated rings. The lowest BCUT2D eigenvalue weighted by molar-refractivity contribution is -0.148. The predicted octanol–water partition coefficient (Wildman–Crippen LogP) is 4.69. The first-order valence-electron chi connectivity index (χ1n) is 9.85. The van der Waals surface area contributed by atoms with Crippen LogP contribution in [0.4, 0.5) is 0 Å². The van der Waals surface area contributed by atoms with Crippen LogP contribution in [0.25, 0.3) is 0 Å². The molecule has 0 bridgehead atoms. The average Bonchev–Trinajstić information content (AvgIpc) is 2.80. The number of hydrogen-bond acceptors (Lipinski definition) is 4. The third-order valence-corrected chi connectivity index (χ3v) is 4.84. The summed E-state index contributed by atoms with van der Waals surface area (Å²) in [5, 5.41) is 3.52. The van der Waals surface area contributed by atoms with Crippen molar-refractivity contribution >= 4 is 5.97 Å². The Labute approximate surface area is 172 Å². The van der Waals surface area contributed by atoms with Gasteiger partial charge in [0.05, 0.1) is 13.2 Å². The van der Waals surface area contributed by atoms with Crippen LogP contribution in [0.3, 0.4) is 0 Å². The topological polar surface area (TPSA) is 47.6 Å². The Bertz CT molecular complexity index is 829. The van der Waals surface area contributed by atoms with Crippen LogP contribution in [0, 0.1) is 0 Å². The number of benzene rings is 3. The Morgan fingerprint density at radius 1 is 0.793 bits per heavy atom. The minimum absolute atomic E-state index is 0.187. The first kappa shape index (κ1) is 20.8. The van der Waals surface area contributed by atoms with Crippen molar-refractivity contribution in [3.8, 4) is 0 Å². The Balaban J connectivity index is 2.01. The van der Waals surface area contributed by atoms with Gasteiger partial charge in [0.15, 0.2) is 0 Å². The summed E-state index contributed by atoms with van der Waals surface area (Å²) in [4.78, 5) is 12.8. The zero-order valence-corrected chi connectivity index (χ0v) is 16.8. The Hall–Kier alpha value is -2.95. The van der Waals surface area contributed by atoms with E-state index in [0.717, 1.165) is 16.7 Å². The van der Waals surface area contributed by atoms with Gasteiger partial charge in [0, 0.05) is 6.61 Å². The smallest absolute Gasteiger partial charge is 0.325 e. The van der Waals surface area contributed by atoms with Crippen molar-refractivity contribution in [2.24, 2.45) is 0 Å². The monoisotopic (exact) mass is 389 g/mol. The number of hydrogen-bond donors (Lipinski definition) is 1. The molecular formula is C25H27NO3. The van der Waals surface area contributed by atoms with Crippen LogP contribution in [0.2, 0.25) is 0 Å². The minimum atomic E-state index is -0.673. The van der Waals surface area contributed by atoms with Crippen LogP contribution < -0.4 is 5.32 Å². The molecule has 0 amide bonds. The first-order valence-corrected chi connectivity index (χ1v) is 9.85. The van der Waals surface area contributed by atoms with E-state index in [1.807, 2.05) is 73.7 Å². The number of nitrogens with one attached hydrogen (secondary N) is 1. The van der Waals surface area contributed by atoms with Crippen LogP contribution in [-0.2, 0) is 14.3 Å². The number of methoxy groups -OCH3 is 1. The molecule has 4 heteroatoms. The van der Waals surface area contributed by atoms with E-state index in [1.165, 1.54) is 7.11 Å². The maximum Gasteiger partial charge on any atom is 0.325 e. The first-order chi connectivity index (χ1) is 14.2. The molecule has 0 aromatic heterocycles. The van der Waals surface area contributed by atoms with Crippen LogP contribution >= 0.6 is 0 Å². The third-order valence-electron chi connectivity index (χ3n) is 4.84. The molecule has 0 aliphatic rings. The summed E-state index contributed by atoms with van der Waals surface area (Å²) in [7, 11) is 1.41. The molecule has 3 rings (SSSR count). The SMILES string of the molecule is CCOC(c1ccccc1)C(NC(c1ccccc1)c1ccccc1)C(=O)OC. The van der Waals surface area contributed by atoms with E-state index in [2.05, 4.69) is 29.6 Å². The van der Waals surface area contributed by atoms with Crippen molar-refractivity contribution in [2.45, 2.75) is 25.1 Å². The molecular weight excluding hydrogens is 362 g/mol. The number of carbonyl (C=O) groups excluding carboxylic acids is 1. The molecule has 0 spiro atoms. The van der Waals surface area contributed by atoms with Gasteiger partial charge in [-0.05, 0) is 23.6 Å². The summed E-state index contributed by atoms with van der Waals surface area (Å²) in [5.74, 6) is -0.357. The second kappa shape index (κ2) is 10.6. The minimum Gasteiger partial charge on any atom is -0.468 e. The molecule has 1 N–H and O–H groups in total. The fraction of sp³-hybridized carbons (Fsp3) is 0.240. The summed E-state index contributed by atoms with van der Waals surface area (Å²) in [5.41, 5.74) is 3.06. The zero-order valence-electron chi connectivity index (χ0n) is 16.8. The molecule has 29 heavy (non-hydrogen) atoms. The molecule has 2 atom stereocenters. The van der Waals surface area contributed by atoms with Crippen molar-refractivity contribution in [2.75, 3.05) is 13.7 Å². The highest BCUT2D eigenvalue weighted by molar-refractivity contribution is 5.77. The van der Waals surface area contributed by atoms with Crippen LogP contribution in [0.5, 0.6) is 0 Å². The second-order valence-electron chi connectivity index (χ2n) is 6.71. The number of esters is 1. The average molecular weight is 389 g/mol. The van der Waals surface area contributed by atoms with Gasteiger partial charge in [-0.1, -0.05) is 91.0 Å². The number of carbonyl (C=O) groups is 1. The highest BCUT2D eigenvalue weighted by atomic mass is 16.5. The van der Waals surface area contributed by atoms with Gasteiger partial charge in [-0.3, -0.25) is 10.1 Å². The second-order valence-corrected chi connectivity index (χ2v) is 6.71. The van der Waals surface area contributed by atoms with Crippen molar-refractivity contribution in [3.63, 3.8) is 0 Å². The van der Waals surface area contributed by atoms with Crippen LogP contribution in [-0.4, -0.2) is 25.7 Å². The standard InChI is InChI=1S/C25H27NO3/c1-3-29-24(21-17-11-6-12-18-21)23(25(27)28-2)26-22(19-13-7-4-8-14-19)20-15-9-5-10-16-20/h4-18,22-24,26H,3H2,1-2H3. The normalized spacial score (nSPS) is 13.1. The number of rotatable bonds is 9. The van der Waals surface area contributed by atoms with Gasteiger partial charge in [0.25, 0.3) is 0 Å². The molecule has 2 unspecified atom stereocenters. The Morgan fingerprint density at radius 2 is 1.24 bits per heavy atom. The number of ether oxygens (including phenoxy) is 2. The molecule has 150 valence electrons. The van der Waals surface area contributed by atoms with Gasteiger partial charge in [-0.2, -0.15) is 0 Å². The summed E-state index contributed by atoms with van der Waals surface area (Å²) >= 11 is 0. The Morgan fingerprint density at radius 3 is 1.66 bits per heavy atom. The van der Waals surface area contributed by atoms with E-state index < -0.39 is 12.1 Å². The maximum atomic E-state index is 12.8. The van der Waals surface area contributed by atoms with Gasteiger partial charge >= 0.3 is 5.97 Å². The van der Waals surface area contributed by atoms with Crippen molar-refractivity contribution in [1.82, 2.24) is 5.32 Å². The lowest BCUT2D eigenvalue weighted by Crippen LogP contribution is -2.45. The van der Waals surface area contributed by atoms with Gasteiger partial charge in [0.2, 0.25) is 0 Å². The highest BCUT2D eigenvalue weighted by Crippen LogP contribution is 2.28. The predicted molar refractivity (Wildman–Crippen MR) is 114 cm³/mol. The van der Waals surface area contributed by atoms with E-state index in [1.54, 1.807) is 0 Å². The summed E-state index contributed by atoms with van der Waals surface area (Å²) in [6.07, 6.45) is -0.469. The maximum absolute atomic E-state index is 12.8. The van der Waals surface area contributed by atoms with Gasteiger partial charge in [0.1, 0.15) is 12.1 Å².